The molecule has 0 spiro atoms. The Morgan fingerprint density at radius 3 is 2.50 bits per heavy atom. The molecule has 0 N–H and O–H groups in total. The Morgan fingerprint density at radius 1 is 0.944 bits per heavy atom. The lowest BCUT2D eigenvalue weighted by Crippen LogP contribution is -1.98. The van der Waals surface area contributed by atoms with Gasteiger partial charge in [0.2, 0.25) is 0 Å². The third-order valence-corrected chi connectivity index (χ3v) is 3.62. The smallest absolute Gasteiger partial charge is 0.0738 e. The molecule has 3 rings (SSSR count). The van der Waals surface area contributed by atoms with Crippen LogP contribution in [0.3, 0.4) is 0 Å². The normalized spacial score (nSPS) is 13.4. The van der Waals surface area contributed by atoms with Crippen molar-refractivity contribution in [1.82, 2.24) is 0 Å². The van der Waals surface area contributed by atoms with E-state index in [-0.39, 0.29) is 0 Å². The highest BCUT2D eigenvalue weighted by molar-refractivity contribution is 5.83. The Labute approximate surface area is 108 Å². The van der Waals surface area contributed by atoms with Gasteiger partial charge in [-0.15, -0.1) is 0 Å². The van der Waals surface area contributed by atoms with Crippen LogP contribution in [0.5, 0.6) is 0 Å². The molecule has 1 nitrogen and oxygen atoms in total. The summed E-state index contributed by atoms with van der Waals surface area (Å²) >= 11 is 0. The first kappa shape index (κ1) is 11.2. The minimum absolute atomic E-state index is 1.06. The van der Waals surface area contributed by atoms with E-state index in [2.05, 4.69) is 55.2 Å². The van der Waals surface area contributed by atoms with Gasteiger partial charge < -0.3 is 0 Å². The number of benzene rings is 2. The van der Waals surface area contributed by atoms with Crippen LogP contribution in [0.15, 0.2) is 41.4 Å². The predicted octanol–water partition coefficient (Wildman–Crippen LogP) is 4.62. The molecule has 0 radical (unpaired) electrons. The lowest BCUT2D eigenvalue weighted by molar-refractivity contribution is 1.01. The van der Waals surface area contributed by atoms with Gasteiger partial charge in [-0.25, -0.2) is 0 Å². The van der Waals surface area contributed by atoms with Crippen LogP contribution in [-0.2, 0) is 6.42 Å². The van der Waals surface area contributed by atoms with Gasteiger partial charge in [0.1, 0.15) is 0 Å². The number of rotatable bonds is 1. The molecule has 1 aliphatic heterocycles. The van der Waals surface area contributed by atoms with Gasteiger partial charge in [0.15, 0.2) is 0 Å². The first-order chi connectivity index (χ1) is 8.75. The molecule has 0 atom stereocenters. The van der Waals surface area contributed by atoms with Crippen LogP contribution in [0.4, 0.5) is 5.69 Å². The molecule has 0 saturated heterocycles. The average Bonchev–Trinajstić information content (AvgIpc) is 2.41. The van der Waals surface area contributed by atoms with E-state index in [0.29, 0.717) is 0 Å². The summed E-state index contributed by atoms with van der Waals surface area (Å²) in [7, 11) is 0. The largest absolute Gasteiger partial charge is 0.260 e. The lowest BCUT2D eigenvalue weighted by atomic mass is 9.93. The molecular formula is C17H17N. The van der Waals surface area contributed by atoms with E-state index in [4.69, 9.17) is 0 Å². The maximum atomic E-state index is 4.63. The number of fused-ring (bicyclic) bond motifs is 1. The molecule has 0 unspecified atom stereocenters. The van der Waals surface area contributed by atoms with Crippen molar-refractivity contribution in [2.24, 2.45) is 4.99 Å². The molecule has 2 aromatic rings. The van der Waals surface area contributed by atoms with Gasteiger partial charge >= 0.3 is 0 Å². The molecule has 0 saturated carbocycles. The van der Waals surface area contributed by atoms with Crippen molar-refractivity contribution in [1.29, 1.82) is 0 Å². The van der Waals surface area contributed by atoms with E-state index in [9.17, 15) is 0 Å². The van der Waals surface area contributed by atoms with Gasteiger partial charge in [0, 0.05) is 11.8 Å². The van der Waals surface area contributed by atoms with Crippen LogP contribution in [0.25, 0.3) is 11.1 Å². The number of hydrogen-bond donors (Lipinski definition) is 0. The number of aliphatic imine (C=N–C) groups is 1. The molecule has 1 aliphatic rings. The average molecular weight is 235 g/mol. The summed E-state index contributed by atoms with van der Waals surface area (Å²) in [4.78, 5) is 4.63. The standard InChI is InChI=1S/C17H17N/c1-12-5-8-14(9-6-12)16-10-7-13(2)15-4-3-11-18-17(15)16/h5-11H,3-4H2,1-2H3. The quantitative estimate of drug-likeness (QED) is 0.684. The first-order valence-electron chi connectivity index (χ1n) is 6.48. The maximum absolute atomic E-state index is 4.63. The molecule has 0 aliphatic carbocycles. The Morgan fingerprint density at radius 2 is 1.72 bits per heavy atom. The highest BCUT2D eigenvalue weighted by atomic mass is 14.7. The topological polar surface area (TPSA) is 12.4 Å². The Kier molecular flexibility index (Phi) is 2.75. The third-order valence-electron chi connectivity index (χ3n) is 3.62. The van der Waals surface area contributed by atoms with Crippen molar-refractivity contribution >= 4 is 11.9 Å². The maximum Gasteiger partial charge on any atom is 0.0738 e. The van der Waals surface area contributed by atoms with E-state index >= 15 is 0 Å². The molecule has 0 amide bonds. The Bertz CT molecular complexity index is 606. The van der Waals surface area contributed by atoms with Gasteiger partial charge in [-0.1, -0.05) is 42.0 Å². The van der Waals surface area contributed by atoms with Crippen molar-refractivity contribution in [2.75, 3.05) is 0 Å². The number of hydrogen-bond acceptors (Lipinski definition) is 1. The van der Waals surface area contributed by atoms with Crippen molar-refractivity contribution in [3.63, 3.8) is 0 Å². The zero-order valence-corrected chi connectivity index (χ0v) is 10.9. The van der Waals surface area contributed by atoms with Crippen LogP contribution in [-0.4, -0.2) is 6.21 Å². The van der Waals surface area contributed by atoms with Crippen molar-refractivity contribution < 1.29 is 0 Å². The van der Waals surface area contributed by atoms with Crippen molar-refractivity contribution in [2.45, 2.75) is 26.7 Å². The fourth-order valence-electron chi connectivity index (χ4n) is 2.53. The van der Waals surface area contributed by atoms with E-state index in [1.54, 1.807) is 0 Å². The number of aryl methyl sites for hydroxylation is 2. The van der Waals surface area contributed by atoms with Gasteiger partial charge in [0.25, 0.3) is 0 Å². The summed E-state index contributed by atoms with van der Waals surface area (Å²) in [5.74, 6) is 0. The highest BCUT2D eigenvalue weighted by Crippen LogP contribution is 2.37. The molecular weight excluding hydrogens is 218 g/mol. The summed E-state index contributed by atoms with van der Waals surface area (Å²) in [5.41, 5.74) is 7.75. The van der Waals surface area contributed by atoms with Gasteiger partial charge in [-0.3, -0.25) is 4.99 Å². The summed E-state index contributed by atoms with van der Waals surface area (Å²) < 4.78 is 0. The Hall–Kier alpha value is -1.89. The summed E-state index contributed by atoms with van der Waals surface area (Å²) in [6, 6.07) is 13.1. The van der Waals surface area contributed by atoms with E-state index in [1.165, 1.54) is 33.5 Å². The molecule has 0 aromatic heterocycles. The second-order valence-corrected chi connectivity index (χ2v) is 4.97. The van der Waals surface area contributed by atoms with Crippen LogP contribution in [0, 0.1) is 13.8 Å². The lowest BCUT2D eigenvalue weighted by Gasteiger charge is -2.17. The molecule has 2 aromatic carbocycles. The molecule has 18 heavy (non-hydrogen) atoms. The predicted molar refractivity (Wildman–Crippen MR) is 77.8 cm³/mol. The molecule has 1 heterocycles. The second kappa shape index (κ2) is 4.41. The van der Waals surface area contributed by atoms with Crippen LogP contribution < -0.4 is 0 Å². The van der Waals surface area contributed by atoms with Gasteiger partial charge in [0.05, 0.1) is 5.69 Å². The minimum atomic E-state index is 1.06. The monoisotopic (exact) mass is 235 g/mol. The van der Waals surface area contributed by atoms with Crippen molar-refractivity contribution in [3.05, 3.63) is 53.1 Å². The zero-order valence-electron chi connectivity index (χ0n) is 10.9. The summed E-state index contributed by atoms with van der Waals surface area (Å²) in [6.45, 7) is 4.30. The van der Waals surface area contributed by atoms with E-state index in [1.807, 2.05) is 6.21 Å². The fraction of sp³-hybridized carbons (Fsp3) is 0.235. The van der Waals surface area contributed by atoms with E-state index < -0.39 is 0 Å². The SMILES string of the molecule is Cc1ccc(-c2ccc(C)c3c2N=CCC3)cc1. The van der Waals surface area contributed by atoms with Crippen LogP contribution >= 0.6 is 0 Å². The molecule has 1 heteroatoms. The minimum Gasteiger partial charge on any atom is -0.260 e. The second-order valence-electron chi connectivity index (χ2n) is 4.97. The number of nitrogens with zero attached hydrogens (tertiary/aromatic N) is 1. The summed E-state index contributed by atoms with van der Waals surface area (Å²) in [6.07, 6.45) is 4.22. The Balaban J connectivity index is 2.19. The highest BCUT2D eigenvalue weighted by Gasteiger charge is 2.13. The molecule has 0 bridgehead atoms. The third kappa shape index (κ3) is 1.86. The van der Waals surface area contributed by atoms with Crippen LogP contribution in [0.2, 0.25) is 0 Å². The van der Waals surface area contributed by atoms with Gasteiger partial charge in [-0.2, -0.15) is 0 Å². The van der Waals surface area contributed by atoms with Crippen molar-refractivity contribution in [3.8, 4) is 11.1 Å². The first-order valence-corrected chi connectivity index (χ1v) is 6.48. The fourth-order valence-corrected chi connectivity index (χ4v) is 2.53. The molecule has 0 fully saturated rings. The van der Waals surface area contributed by atoms with Crippen LogP contribution in [0.1, 0.15) is 23.1 Å². The molecule has 90 valence electrons. The van der Waals surface area contributed by atoms with Gasteiger partial charge in [-0.05, 0) is 43.4 Å². The zero-order chi connectivity index (χ0) is 12.5. The van der Waals surface area contributed by atoms with E-state index in [0.717, 1.165) is 12.8 Å². The summed E-state index contributed by atoms with van der Waals surface area (Å²) in [5, 5.41) is 0.